The van der Waals surface area contributed by atoms with E-state index in [1.165, 1.54) is 12.1 Å². The zero-order valence-electron chi connectivity index (χ0n) is 31.4. The summed E-state index contributed by atoms with van der Waals surface area (Å²) in [5, 5.41) is 51.2. The van der Waals surface area contributed by atoms with Crippen molar-refractivity contribution in [3.8, 4) is 12.3 Å². The third kappa shape index (κ3) is 16.2. The monoisotopic (exact) mass is 848 g/mol. The molecule has 1 aromatic heterocycles. The van der Waals surface area contributed by atoms with Crippen molar-refractivity contribution >= 4 is 64.2 Å². The molecule has 2 aromatic carbocycles. The number of amides is 3. The van der Waals surface area contributed by atoms with Crippen LogP contribution in [0.3, 0.4) is 0 Å². The summed E-state index contributed by atoms with van der Waals surface area (Å²) in [6, 6.07) is 6.75. The first-order valence-electron chi connectivity index (χ1n) is 17.4. The molecule has 0 saturated heterocycles. The maximum absolute atomic E-state index is 13.0. The molecule has 0 aliphatic heterocycles. The van der Waals surface area contributed by atoms with Crippen LogP contribution >= 0.6 is 0 Å². The van der Waals surface area contributed by atoms with Crippen LogP contribution in [0.4, 0.5) is 18.9 Å². The molecule has 3 atom stereocenters. The van der Waals surface area contributed by atoms with Crippen LogP contribution in [0.1, 0.15) is 60.3 Å². The number of halogens is 3. The second kappa shape index (κ2) is 22.4. The number of terminal acetylenes is 1. The van der Waals surface area contributed by atoms with Gasteiger partial charge in [0.25, 0.3) is 11.5 Å². The molecule has 9 N–H and O–H groups in total. The molecule has 60 heavy (non-hydrogen) atoms. The van der Waals surface area contributed by atoms with Crippen molar-refractivity contribution in [2.75, 3.05) is 11.4 Å². The highest BCUT2D eigenvalue weighted by Gasteiger charge is 2.38. The van der Waals surface area contributed by atoms with Crippen LogP contribution in [0.2, 0.25) is 0 Å². The molecular weight excluding hydrogens is 809 g/mol. The van der Waals surface area contributed by atoms with Crippen LogP contribution in [0, 0.1) is 19.3 Å². The van der Waals surface area contributed by atoms with E-state index in [0.717, 1.165) is 5.56 Å². The van der Waals surface area contributed by atoms with E-state index < -0.39 is 110 Å². The van der Waals surface area contributed by atoms with Gasteiger partial charge in [-0.25, -0.2) is 24.2 Å². The Labute approximate surface area is 336 Å². The molecule has 0 aliphatic carbocycles. The van der Waals surface area contributed by atoms with Crippen molar-refractivity contribution in [3.63, 3.8) is 0 Å². The number of aryl methyl sites for hydroxylation is 1. The molecule has 3 rings (SSSR count). The average molecular weight is 849 g/mol. The fourth-order valence-electron chi connectivity index (χ4n) is 5.16. The Kier molecular flexibility index (Phi) is 18.2. The van der Waals surface area contributed by atoms with E-state index in [4.69, 9.17) is 26.5 Å². The number of aromatic nitrogens is 2. The van der Waals surface area contributed by atoms with Crippen molar-refractivity contribution in [3.05, 3.63) is 69.8 Å². The molecule has 322 valence electrons. The molecule has 0 saturated carbocycles. The predicted octanol–water partition coefficient (Wildman–Crippen LogP) is 1.25. The lowest BCUT2D eigenvalue weighted by Gasteiger charge is -2.23. The van der Waals surface area contributed by atoms with Crippen LogP contribution < -0.4 is 26.4 Å². The number of nitrogens with one attached hydrogen (secondary N) is 4. The summed E-state index contributed by atoms with van der Waals surface area (Å²) in [5.41, 5.74) is 1.77. The fraction of sp³-hybridized carbons (Fsp3) is 0.351. The Balaban J connectivity index is 0.00000162. The minimum Gasteiger partial charge on any atom is -0.481 e. The molecule has 20 nitrogen and oxygen atoms in total. The Bertz CT molecular complexity index is 2190. The van der Waals surface area contributed by atoms with Crippen LogP contribution in [0.15, 0.2) is 47.3 Å². The van der Waals surface area contributed by atoms with Gasteiger partial charge in [-0.2, -0.15) is 13.2 Å². The molecule has 0 fully saturated rings. The van der Waals surface area contributed by atoms with Crippen molar-refractivity contribution in [2.24, 2.45) is 0 Å². The molecular formula is C37H39F3N6O14. The van der Waals surface area contributed by atoms with Crippen molar-refractivity contribution in [1.29, 1.82) is 0 Å². The lowest BCUT2D eigenvalue weighted by Crippen LogP contribution is -2.45. The second-order valence-electron chi connectivity index (χ2n) is 12.7. The van der Waals surface area contributed by atoms with E-state index >= 15 is 0 Å². The van der Waals surface area contributed by atoms with E-state index in [9.17, 15) is 61.7 Å². The summed E-state index contributed by atoms with van der Waals surface area (Å²) >= 11 is 0. The smallest absolute Gasteiger partial charge is 0.481 e. The number of fused-ring (bicyclic) bond motifs is 1. The molecule has 1 heterocycles. The Morgan fingerprint density at radius 3 is 1.72 bits per heavy atom. The van der Waals surface area contributed by atoms with Gasteiger partial charge in [-0.05, 0) is 68.1 Å². The number of benzene rings is 2. The van der Waals surface area contributed by atoms with Gasteiger partial charge >= 0.3 is 36.0 Å². The number of alkyl halides is 3. The standard InChI is InChI=1S/C35H38N6O12.C2HF3O2/c1-3-16-41(18-20-4-9-24-23(17-20)32(47)37-19(2)36-24)22-7-5-21(6-8-22)31(46)40-27(35(52)53)11-14-29(43)38-25(33(48)49)10-13-28(42)39-26(34(50)51)12-15-30(44)45;3-2(4,5)1(6)7/h1,4-9,17,25-27H,10-16,18H2,2H3,(H,38,43)(H,39,42)(H,40,46)(H,44,45)(H,48,49)(H,50,51)(H,52,53)(H,36,37,47);(H,6,7)/t25-,26-,27-;/m0./s1. The molecule has 0 radical (unpaired) electrons. The third-order valence-corrected chi connectivity index (χ3v) is 8.12. The number of nitrogens with zero attached hydrogens (tertiary/aromatic N) is 2. The van der Waals surface area contributed by atoms with Gasteiger partial charge in [0.1, 0.15) is 23.9 Å². The number of H-pyrrole nitrogens is 1. The number of hydrogen-bond acceptors (Lipinski definition) is 11. The number of carboxylic acids is 5. The Hall–Kier alpha value is -7.51. The number of carbonyl (C=O) groups excluding carboxylic acids is 3. The number of carbonyl (C=O) groups is 8. The van der Waals surface area contributed by atoms with Gasteiger partial charge in [-0.1, -0.05) is 12.0 Å². The number of aliphatic carboxylic acids is 5. The lowest BCUT2D eigenvalue weighted by molar-refractivity contribution is -0.192. The van der Waals surface area contributed by atoms with E-state index in [2.05, 4.69) is 31.8 Å². The van der Waals surface area contributed by atoms with Gasteiger partial charge < -0.3 is 51.4 Å². The minimum atomic E-state index is -5.08. The van der Waals surface area contributed by atoms with Gasteiger partial charge in [-0.3, -0.25) is 24.0 Å². The normalized spacial score (nSPS) is 12.2. The van der Waals surface area contributed by atoms with Gasteiger partial charge in [0, 0.05) is 37.1 Å². The summed E-state index contributed by atoms with van der Waals surface area (Å²) in [4.78, 5) is 113. The average Bonchev–Trinajstić information content (AvgIpc) is 3.16. The Morgan fingerprint density at radius 1 is 0.783 bits per heavy atom. The molecule has 23 heteroatoms. The summed E-state index contributed by atoms with van der Waals surface area (Å²) in [7, 11) is 0. The van der Waals surface area contributed by atoms with Crippen LogP contribution in [0.25, 0.3) is 10.9 Å². The zero-order chi connectivity index (χ0) is 45.3. The van der Waals surface area contributed by atoms with Crippen LogP contribution in [-0.2, 0) is 40.1 Å². The number of rotatable bonds is 20. The van der Waals surface area contributed by atoms with E-state index in [-0.39, 0.29) is 17.7 Å². The highest BCUT2D eigenvalue weighted by molar-refractivity contribution is 5.97. The summed E-state index contributed by atoms with van der Waals surface area (Å²) in [5.74, 6) is -7.95. The highest BCUT2D eigenvalue weighted by atomic mass is 19.4. The maximum atomic E-state index is 13.0. The van der Waals surface area contributed by atoms with Gasteiger partial charge in [0.05, 0.1) is 17.4 Å². The minimum absolute atomic E-state index is 0.0982. The molecule has 0 spiro atoms. The number of carboxylic acid groups (broad SMARTS) is 5. The van der Waals surface area contributed by atoms with Crippen molar-refractivity contribution < 1.29 is 77.1 Å². The first kappa shape index (κ1) is 48.6. The largest absolute Gasteiger partial charge is 0.490 e. The molecule has 3 amide bonds. The fourth-order valence-corrected chi connectivity index (χ4v) is 5.16. The first-order chi connectivity index (χ1) is 28.0. The number of aromatic amines is 1. The van der Waals surface area contributed by atoms with Crippen molar-refractivity contribution in [1.82, 2.24) is 25.9 Å². The SMILES string of the molecule is C#CCN(Cc1ccc2nc(C)[nH]c(=O)c2c1)c1ccc(C(=O)N[C@@H](CCC(=O)N[C@@H](CCC(=O)N[C@@H](CCC(=O)O)C(=O)O)C(=O)O)C(=O)O)cc1.O=C(O)C(F)(F)F. The third-order valence-electron chi connectivity index (χ3n) is 8.12. The van der Waals surface area contributed by atoms with Gasteiger partial charge in [0.2, 0.25) is 11.8 Å². The number of hydrogen-bond donors (Lipinski definition) is 9. The van der Waals surface area contributed by atoms with Gasteiger partial charge in [-0.15, -0.1) is 6.42 Å². The van der Waals surface area contributed by atoms with E-state index in [1.54, 1.807) is 31.2 Å². The van der Waals surface area contributed by atoms with Gasteiger partial charge in [0.15, 0.2) is 0 Å². The zero-order valence-corrected chi connectivity index (χ0v) is 31.4. The van der Waals surface area contributed by atoms with Crippen molar-refractivity contribution in [2.45, 2.75) is 76.3 Å². The molecule has 0 bridgehead atoms. The Morgan fingerprint density at radius 2 is 1.27 bits per heavy atom. The van der Waals surface area contributed by atoms with Crippen LogP contribution in [-0.4, -0.2) is 114 Å². The second-order valence-corrected chi connectivity index (χ2v) is 12.7. The lowest BCUT2D eigenvalue weighted by atomic mass is 10.1. The maximum Gasteiger partial charge on any atom is 0.490 e. The highest BCUT2D eigenvalue weighted by Crippen LogP contribution is 2.20. The topological polar surface area (TPSA) is 323 Å². The summed E-state index contributed by atoms with van der Waals surface area (Å²) in [6.07, 6.45) is -2.33. The molecule has 0 unspecified atom stereocenters. The van der Waals surface area contributed by atoms with E-state index in [0.29, 0.717) is 29.0 Å². The summed E-state index contributed by atoms with van der Waals surface area (Å²) < 4.78 is 31.7. The molecule has 0 aliphatic rings. The quantitative estimate of drug-likeness (QED) is 0.0723. The number of anilines is 1. The molecule has 3 aromatic rings. The van der Waals surface area contributed by atoms with E-state index in [1.807, 2.05) is 11.0 Å². The summed E-state index contributed by atoms with van der Waals surface area (Å²) in [6.45, 7) is 2.19. The first-order valence-corrected chi connectivity index (χ1v) is 17.4. The van der Waals surface area contributed by atoms with Crippen LogP contribution in [0.5, 0.6) is 0 Å². The predicted molar refractivity (Wildman–Crippen MR) is 200 cm³/mol.